The van der Waals surface area contributed by atoms with Crippen molar-refractivity contribution in [3.63, 3.8) is 0 Å². The van der Waals surface area contributed by atoms with Crippen LogP contribution in [0.1, 0.15) is 121 Å². The first-order chi connectivity index (χ1) is 15.0. The molecule has 2 aromatic heterocycles. The highest BCUT2D eigenvalue weighted by molar-refractivity contribution is 5.67. The first kappa shape index (κ1) is 25.3. The lowest BCUT2D eigenvalue weighted by molar-refractivity contribution is -0.137. The molecule has 2 heterocycles. The molecular weight excluding hydrogens is 388 g/mol. The minimum absolute atomic E-state index is 0.0800. The van der Waals surface area contributed by atoms with Crippen LogP contribution in [-0.4, -0.2) is 11.1 Å². The third-order valence-electron chi connectivity index (χ3n) is 6.30. The van der Waals surface area contributed by atoms with Crippen molar-refractivity contribution in [2.45, 2.75) is 116 Å². The van der Waals surface area contributed by atoms with Crippen LogP contribution in [0.25, 0.3) is 0 Å². The zero-order valence-corrected chi connectivity index (χ0v) is 19.9. The smallest absolute Gasteiger partial charge is 0.303 e. The van der Waals surface area contributed by atoms with Crippen LogP contribution in [0, 0.1) is 0 Å². The molecule has 0 amide bonds. The van der Waals surface area contributed by atoms with Crippen molar-refractivity contribution in [2.24, 2.45) is 0 Å². The molecular formula is C27H42O4. The lowest BCUT2D eigenvalue weighted by atomic mass is 9.80. The van der Waals surface area contributed by atoms with E-state index < -0.39 is 11.4 Å². The van der Waals surface area contributed by atoms with Crippen molar-refractivity contribution >= 4 is 5.97 Å². The topological polar surface area (TPSA) is 63.6 Å². The van der Waals surface area contributed by atoms with Crippen LogP contribution in [0.3, 0.4) is 0 Å². The summed E-state index contributed by atoms with van der Waals surface area (Å²) in [5.41, 5.74) is -0.570. The quantitative estimate of drug-likeness (QED) is 0.258. The van der Waals surface area contributed by atoms with Gasteiger partial charge in [0.25, 0.3) is 0 Å². The van der Waals surface area contributed by atoms with Crippen LogP contribution < -0.4 is 0 Å². The molecule has 0 spiro atoms. The predicted octanol–water partition coefficient (Wildman–Crippen LogP) is 8.07. The largest absolute Gasteiger partial charge is 0.481 e. The molecule has 0 aliphatic heterocycles. The number of carboxylic acids is 1. The van der Waals surface area contributed by atoms with E-state index in [0.29, 0.717) is 6.42 Å². The van der Waals surface area contributed by atoms with E-state index in [4.69, 9.17) is 8.83 Å². The molecule has 0 unspecified atom stereocenters. The molecule has 0 atom stereocenters. The fourth-order valence-electron chi connectivity index (χ4n) is 4.15. The standard InChI is InChI=1S/C27H42O4/c1-4-6-8-10-12-14-22-16-18-24(30-22)27(3,21-20-26(28)29)25-19-17-23(31-25)15-13-11-9-7-5-2/h16-19H,4-15,20-21H2,1-3H3,(H,28,29). The Morgan fingerprint density at radius 2 is 1.23 bits per heavy atom. The number of unbranched alkanes of at least 4 members (excludes halogenated alkanes) is 8. The highest BCUT2D eigenvalue weighted by Gasteiger charge is 2.36. The minimum atomic E-state index is -0.795. The van der Waals surface area contributed by atoms with Gasteiger partial charge in [-0.05, 0) is 50.5 Å². The van der Waals surface area contributed by atoms with Crippen molar-refractivity contribution in [3.8, 4) is 0 Å². The summed E-state index contributed by atoms with van der Waals surface area (Å²) in [6.07, 6.45) is 14.7. The van der Waals surface area contributed by atoms with Gasteiger partial charge >= 0.3 is 5.97 Å². The van der Waals surface area contributed by atoms with Gasteiger partial charge in [0.05, 0.1) is 5.41 Å². The van der Waals surface area contributed by atoms with E-state index in [0.717, 1.165) is 48.7 Å². The van der Waals surface area contributed by atoms with Crippen LogP contribution in [0.4, 0.5) is 0 Å². The maximum absolute atomic E-state index is 11.3. The summed E-state index contributed by atoms with van der Waals surface area (Å²) in [7, 11) is 0. The van der Waals surface area contributed by atoms with E-state index in [9.17, 15) is 9.90 Å². The minimum Gasteiger partial charge on any atom is -0.481 e. The van der Waals surface area contributed by atoms with Gasteiger partial charge < -0.3 is 13.9 Å². The number of hydrogen-bond acceptors (Lipinski definition) is 3. The van der Waals surface area contributed by atoms with Gasteiger partial charge in [0.1, 0.15) is 23.0 Å². The molecule has 0 aliphatic rings. The van der Waals surface area contributed by atoms with E-state index in [2.05, 4.69) is 13.8 Å². The van der Waals surface area contributed by atoms with Crippen LogP contribution in [0.5, 0.6) is 0 Å². The third kappa shape index (κ3) is 8.23. The maximum atomic E-state index is 11.3. The van der Waals surface area contributed by atoms with E-state index >= 15 is 0 Å². The SMILES string of the molecule is CCCCCCCc1ccc(C(C)(CCC(=O)O)c2ccc(CCCCCCC)o2)o1. The molecule has 0 fully saturated rings. The summed E-state index contributed by atoms with van der Waals surface area (Å²) < 4.78 is 12.4. The second-order valence-electron chi connectivity index (χ2n) is 9.09. The molecule has 174 valence electrons. The molecule has 0 radical (unpaired) electrons. The van der Waals surface area contributed by atoms with Gasteiger partial charge in [0.15, 0.2) is 0 Å². The molecule has 31 heavy (non-hydrogen) atoms. The molecule has 0 saturated carbocycles. The molecule has 0 aliphatic carbocycles. The Bertz CT molecular complexity index is 703. The average molecular weight is 431 g/mol. The van der Waals surface area contributed by atoms with E-state index in [-0.39, 0.29) is 6.42 Å². The van der Waals surface area contributed by atoms with Crippen molar-refractivity contribution in [3.05, 3.63) is 47.3 Å². The number of aliphatic carboxylic acids is 1. The number of aryl methyl sites for hydroxylation is 2. The molecule has 2 aromatic rings. The number of carboxylic acid groups (broad SMARTS) is 1. The Hall–Kier alpha value is -1.97. The summed E-state index contributed by atoms with van der Waals surface area (Å²) in [4.78, 5) is 11.3. The lowest BCUT2D eigenvalue weighted by Gasteiger charge is -2.24. The van der Waals surface area contributed by atoms with Crippen molar-refractivity contribution in [1.29, 1.82) is 0 Å². The molecule has 0 bridgehead atoms. The predicted molar refractivity (Wildman–Crippen MR) is 126 cm³/mol. The van der Waals surface area contributed by atoms with Gasteiger partial charge in [-0.1, -0.05) is 65.2 Å². The Morgan fingerprint density at radius 1 is 0.774 bits per heavy atom. The summed E-state index contributed by atoms with van der Waals surface area (Å²) in [6, 6.07) is 8.11. The normalized spacial score (nSPS) is 11.8. The van der Waals surface area contributed by atoms with E-state index in [1.54, 1.807) is 0 Å². The maximum Gasteiger partial charge on any atom is 0.303 e. The summed E-state index contributed by atoms with van der Waals surface area (Å²) in [5.74, 6) is 2.78. The Balaban J connectivity index is 2.06. The van der Waals surface area contributed by atoms with Crippen LogP contribution >= 0.6 is 0 Å². The molecule has 0 saturated heterocycles. The van der Waals surface area contributed by atoms with Crippen molar-refractivity contribution < 1.29 is 18.7 Å². The number of furan rings is 2. The zero-order chi connectivity index (χ0) is 22.5. The van der Waals surface area contributed by atoms with Gasteiger partial charge in [-0.3, -0.25) is 4.79 Å². The first-order valence-corrected chi connectivity index (χ1v) is 12.4. The molecule has 2 rings (SSSR count). The van der Waals surface area contributed by atoms with Crippen molar-refractivity contribution in [1.82, 2.24) is 0 Å². The van der Waals surface area contributed by atoms with Gasteiger partial charge in [-0.2, -0.15) is 0 Å². The second kappa shape index (κ2) is 13.4. The first-order valence-electron chi connectivity index (χ1n) is 12.4. The van der Waals surface area contributed by atoms with Gasteiger partial charge in [-0.15, -0.1) is 0 Å². The highest BCUT2D eigenvalue weighted by Crippen LogP contribution is 2.39. The Kier molecular flexibility index (Phi) is 11.0. The third-order valence-corrected chi connectivity index (χ3v) is 6.30. The fraction of sp³-hybridized carbons (Fsp3) is 0.667. The lowest BCUT2D eigenvalue weighted by Crippen LogP contribution is -2.23. The summed E-state index contributed by atoms with van der Waals surface area (Å²) in [6.45, 7) is 6.50. The van der Waals surface area contributed by atoms with Crippen LogP contribution in [-0.2, 0) is 23.1 Å². The van der Waals surface area contributed by atoms with E-state index in [1.165, 1.54) is 51.4 Å². The molecule has 1 N–H and O–H groups in total. The molecule has 4 nitrogen and oxygen atoms in total. The Morgan fingerprint density at radius 3 is 1.65 bits per heavy atom. The Labute approximate surface area is 188 Å². The van der Waals surface area contributed by atoms with Crippen LogP contribution in [0.15, 0.2) is 33.1 Å². The number of rotatable bonds is 17. The highest BCUT2D eigenvalue weighted by atomic mass is 16.4. The molecule has 0 aromatic carbocycles. The average Bonchev–Trinajstić information content (AvgIpc) is 3.42. The summed E-state index contributed by atoms with van der Waals surface area (Å²) >= 11 is 0. The van der Waals surface area contributed by atoms with Gasteiger partial charge in [0, 0.05) is 19.3 Å². The number of hydrogen-bond donors (Lipinski definition) is 1. The molecule has 4 heteroatoms. The monoisotopic (exact) mass is 430 g/mol. The summed E-state index contributed by atoms with van der Waals surface area (Å²) in [5, 5.41) is 9.29. The van der Waals surface area contributed by atoms with E-state index in [1.807, 2.05) is 31.2 Å². The zero-order valence-electron chi connectivity index (χ0n) is 19.9. The number of carbonyl (C=O) groups is 1. The van der Waals surface area contributed by atoms with Gasteiger partial charge in [0.2, 0.25) is 0 Å². The fourth-order valence-corrected chi connectivity index (χ4v) is 4.15. The van der Waals surface area contributed by atoms with Gasteiger partial charge in [-0.25, -0.2) is 0 Å². The van der Waals surface area contributed by atoms with Crippen molar-refractivity contribution in [2.75, 3.05) is 0 Å². The van der Waals surface area contributed by atoms with Crippen LogP contribution in [0.2, 0.25) is 0 Å². The second-order valence-corrected chi connectivity index (χ2v) is 9.09.